The quantitative estimate of drug-likeness (QED) is 0.695. The molecule has 0 aliphatic carbocycles. The van der Waals surface area contributed by atoms with E-state index in [2.05, 4.69) is 5.32 Å². The van der Waals surface area contributed by atoms with Crippen LogP contribution in [0.1, 0.15) is 18.9 Å². The first-order chi connectivity index (χ1) is 8.57. The number of anilines is 2. The molecular formula is C13H17N3O2. The highest BCUT2D eigenvalue weighted by Gasteiger charge is 2.39. The van der Waals surface area contributed by atoms with Crippen molar-refractivity contribution in [1.29, 1.82) is 5.26 Å². The summed E-state index contributed by atoms with van der Waals surface area (Å²) in [4.78, 5) is 0. The third-order valence-electron chi connectivity index (χ3n) is 3.47. The third kappa shape index (κ3) is 2.26. The number of nitrogens with two attached hydrogens (primary N) is 1. The van der Waals surface area contributed by atoms with Gasteiger partial charge >= 0.3 is 0 Å². The molecule has 0 aromatic heterocycles. The molecule has 1 aromatic carbocycles. The summed E-state index contributed by atoms with van der Waals surface area (Å²) in [6.45, 7) is 2.77. The topological polar surface area (TPSA) is 91.3 Å². The van der Waals surface area contributed by atoms with Crippen LogP contribution >= 0.6 is 0 Å². The zero-order valence-electron chi connectivity index (χ0n) is 10.3. The maximum Gasteiger partial charge on any atom is 0.110 e. The van der Waals surface area contributed by atoms with Crippen molar-refractivity contribution >= 4 is 11.4 Å². The van der Waals surface area contributed by atoms with Gasteiger partial charge in [-0.1, -0.05) is 6.07 Å². The molecule has 2 atom stereocenters. The van der Waals surface area contributed by atoms with Gasteiger partial charge < -0.3 is 20.9 Å². The maximum absolute atomic E-state index is 10.3. The molecule has 1 saturated heterocycles. The Kier molecular flexibility index (Phi) is 3.41. The lowest BCUT2D eigenvalue weighted by atomic mass is 9.96. The van der Waals surface area contributed by atoms with E-state index in [1.807, 2.05) is 13.0 Å². The summed E-state index contributed by atoms with van der Waals surface area (Å²) in [5.41, 5.74) is 6.49. The number of nitrogens with zero attached hydrogens (tertiary/aromatic N) is 1. The van der Waals surface area contributed by atoms with Crippen molar-refractivity contribution in [2.45, 2.75) is 25.0 Å². The molecule has 0 saturated carbocycles. The minimum absolute atomic E-state index is 0.203. The summed E-state index contributed by atoms with van der Waals surface area (Å²) in [6, 6.07) is 7.24. The molecule has 5 nitrogen and oxygen atoms in total. The van der Waals surface area contributed by atoms with Gasteiger partial charge in [-0.15, -0.1) is 0 Å². The fraction of sp³-hybridized carbons (Fsp3) is 0.462. The smallest absolute Gasteiger partial charge is 0.110 e. The maximum atomic E-state index is 10.3. The number of aliphatic hydroxyl groups is 1. The molecule has 1 heterocycles. The Hall–Kier alpha value is -1.77. The first kappa shape index (κ1) is 12.7. The molecule has 18 heavy (non-hydrogen) atoms. The predicted octanol–water partition coefficient (Wildman–Crippen LogP) is 1.09. The molecule has 5 heteroatoms. The third-order valence-corrected chi connectivity index (χ3v) is 3.47. The van der Waals surface area contributed by atoms with Crippen LogP contribution < -0.4 is 11.1 Å². The van der Waals surface area contributed by atoms with Crippen LogP contribution in [0.15, 0.2) is 18.2 Å². The Morgan fingerprint density at radius 1 is 1.67 bits per heavy atom. The first-order valence-electron chi connectivity index (χ1n) is 5.93. The zero-order chi connectivity index (χ0) is 13.2. The Labute approximate surface area is 106 Å². The van der Waals surface area contributed by atoms with Crippen LogP contribution in [0.2, 0.25) is 0 Å². The SMILES string of the molecule is CC1OCCC1(O)CNc1cccc(C#N)c1N. The average molecular weight is 247 g/mol. The molecule has 0 bridgehead atoms. The first-order valence-corrected chi connectivity index (χ1v) is 5.93. The number of rotatable bonds is 3. The second kappa shape index (κ2) is 4.84. The van der Waals surface area contributed by atoms with E-state index < -0.39 is 5.60 Å². The molecule has 1 fully saturated rings. The highest BCUT2D eigenvalue weighted by Crippen LogP contribution is 2.28. The highest BCUT2D eigenvalue weighted by molar-refractivity contribution is 5.72. The number of nitriles is 1. The Morgan fingerprint density at radius 2 is 2.44 bits per heavy atom. The van der Waals surface area contributed by atoms with Crippen molar-refractivity contribution in [3.05, 3.63) is 23.8 Å². The summed E-state index contributed by atoms with van der Waals surface area (Å²) in [5, 5.41) is 22.3. The summed E-state index contributed by atoms with van der Waals surface area (Å²) in [7, 11) is 0. The number of hydrogen-bond donors (Lipinski definition) is 3. The van der Waals surface area contributed by atoms with Crippen molar-refractivity contribution in [3.8, 4) is 6.07 Å². The molecule has 2 unspecified atom stereocenters. The number of para-hydroxylation sites is 1. The zero-order valence-corrected chi connectivity index (χ0v) is 10.3. The molecule has 2 rings (SSSR count). The molecule has 0 radical (unpaired) electrons. The summed E-state index contributed by atoms with van der Waals surface area (Å²) < 4.78 is 5.36. The molecule has 96 valence electrons. The van der Waals surface area contributed by atoms with Crippen LogP contribution in [0.25, 0.3) is 0 Å². The van der Waals surface area contributed by atoms with Crippen LogP contribution in [0, 0.1) is 11.3 Å². The molecule has 1 aromatic rings. The van der Waals surface area contributed by atoms with Crippen LogP contribution in [-0.2, 0) is 4.74 Å². The number of nitrogen functional groups attached to an aromatic ring is 1. The summed E-state index contributed by atoms with van der Waals surface area (Å²) in [5.74, 6) is 0. The van der Waals surface area contributed by atoms with E-state index in [1.54, 1.807) is 18.2 Å². The van der Waals surface area contributed by atoms with Crippen molar-refractivity contribution < 1.29 is 9.84 Å². The van der Waals surface area contributed by atoms with Crippen LogP contribution in [0.4, 0.5) is 11.4 Å². The molecule has 0 spiro atoms. The van der Waals surface area contributed by atoms with Gasteiger partial charge in [0.25, 0.3) is 0 Å². The van der Waals surface area contributed by atoms with Crippen LogP contribution in [0.3, 0.4) is 0 Å². The van der Waals surface area contributed by atoms with E-state index in [-0.39, 0.29) is 6.10 Å². The number of hydrogen-bond acceptors (Lipinski definition) is 5. The van der Waals surface area contributed by atoms with Gasteiger partial charge in [0.2, 0.25) is 0 Å². The minimum atomic E-state index is -0.880. The van der Waals surface area contributed by atoms with Crippen molar-refractivity contribution in [1.82, 2.24) is 0 Å². The highest BCUT2D eigenvalue weighted by atomic mass is 16.5. The summed E-state index contributed by atoms with van der Waals surface area (Å²) in [6.07, 6.45) is 0.393. The molecule has 1 aliphatic rings. The van der Waals surface area contributed by atoms with Gasteiger partial charge in [0, 0.05) is 19.6 Å². The summed E-state index contributed by atoms with van der Waals surface area (Å²) >= 11 is 0. The normalized spacial score (nSPS) is 26.8. The standard InChI is InChI=1S/C13H17N3O2/c1-9-13(17,5-6-18-9)8-16-11-4-2-3-10(7-14)12(11)15/h2-4,9,16-17H,5-6,8,15H2,1H3. The number of nitrogens with one attached hydrogen (secondary N) is 1. The van der Waals surface area contributed by atoms with E-state index >= 15 is 0 Å². The van der Waals surface area contributed by atoms with E-state index in [9.17, 15) is 5.11 Å². The molecule has 1 aliphatic heterocycles. The lowest BCUT2D eigenvalue weighted by molar-refractivity contribution is -0.0175. The average Bonchev–Trinajstić information content (AvgIpc) is 2.69. The molecule has 4 N–H and O–H groups in total. The van der Waals surface area contributed by atoms with E-state index in [0.29, 0.717) is 36.5 Å². The van der Waals surface area contributed by atoms with Crippen LogP contribution in [0.5, 0.6) is 0 Å². The van der Waals surface area contributed by atoms with Gasteiger partial charge in [-0.2, -0.15) is 5.26 Å². The molecular weight excluding hydrogens is 230 g/mol. The lowest BCUT2D eigenvalue weighted by Gasteiger charge is -2.27. The lowest BCUT2D eigenvalue weighted by Crippen LogP contribution is -2.43. The fourth-order valence-electron chi connectivity index (χ4n) is 2.07. The van der Waals surface area contributed by atoms with Crippen molar-refractivity contribution in [2.24, 2.45) is 0 Å². The van der Waals surface area contributed by atoms with E-state index in [4.69, 9.17) is 15.7 Å². The van der Waals surface area contributed by atoms with Gasteiger partial charge in [-0.3, -0.25) is 0 Å². The second-order valence-corrected chi connectivity index (χ2v) is 4.60. The largest absolute Gasteiger partial charge is 0.396 e. The van der Waals surface area contributed by atoms with Gasteiger partial charge in [-0.05, 0) is 19.1 Å². The number of benzene rings is 1. The predicted molar refractivity (Wildman–Crippen MR) is 69.0 cm³/mol. The molecule has 0 amide bonds. The fourth-order valence-corrected chi connectivity index (χ4v) is 2.07. The van der Waals surface area contributed by atoms with Gasteiger partial charge in [0.1, 0.15) is 11.7 Å². The second-order valence-electron chi connectivity index (χ2n) is 4.60. The van der Waals surface area contributed by atoms with E-state index in [1.165, 1.54) is 0 Å². The Bertz CT molecular complexity index is 484. The van der Waals surface area contributed by atoms with Gasteiger partial charge in [0.05, 0.1) is 23.0 Å². The van der Waals surface area contributed by atoms with E-state index in [0.717, 1.165) is 0 Å². The van der Waals surface area contributed by atoms with Crippen LogP contribution in [-0.4, -0.2) is 30.0 Å². The minimum Gasteiger partial charge on any atom is -0.396 e. The number of ether oxygens (including phenoxy) is 1. The van der Waals surface area contributed by atoms with Crippen molar-refractivity contribution in [2.75, 3.05) is 24.2 Å². The van der Waals surface area contributed by atoms with Crippen molar-refractivity contribution in [3.63, 3.8) is 0 Å². The van der Waals surface area contributed by atoms with Gasteiger partial charge in [-0.25, -0.2) is 0 Å². The Morgan fingerprint density at radius 3 is 3.06 bits per heavy atom. The Balaban J connectivity index is 2.09. The monoisotopic (exact) mass is 247 g/mol. The van der Waals surface area contributed by atoms with Gasteiger partial charge in [0.15, 0.2) is 0 Å².